The van der Waals surface area contributed by atoms with Gasteiger partial charge in [-0.05, 0) is 18.9 Å². The Morgan fingerprint density at radius 1 is 1.57 bits per heavy atom. The fourth-order valence-electron chi connectivity index (χ4n) is 1.19. The van der Waals surface area contributed by atoms with Crippen LogP contribution in [0.2, 0.25) is 0 Å². The van der Waals surface area contributed by atoms with Crippen molar-refractivity contribution in [2.45, 2.75) is 26.9 Å². The maximum absolute atomic E-state index is 5.53. The summed E-state index contributed by atoms with van der Waals surface area (Å²) in [6.45, 7) is 10.3. The van der Waals surface area contributed by atoms with Gasteiger partial charge in [0.15, 0.2) is 0 Å². The second kappa shape index (κ2) is 4.91. The van der Waals surface area contributed by atoms with Crippen molar-refractivity contribution < 1.29 is 9.26 Å². The Hall–Kier alpha value is -1.16. The third-order valence-electron chi connectivity index (χ3n) is 1.84. The first-order valence-electron chi connectivity index (χ1n) is 4.76. The first kappa shape index (κ1) is 10.9. The van der Waals surface area contributed by atoms with Crippen LogP contribution in [0, 0.1) is 5.92 Å². The fourth-order valence-corrected chi connectivity index (χ4v) is 1.19. The summed E-state index contributed by atoms with van der Waals surface area (Å²) in [5, 5.41) is 3.84. The molecule has 78 valence electrons. The molecule has 0 aliphatic rings. The summed E-state index contributed by atoms with van der Waals surface area (Å²) >= 11 is 0. The van der Waals surface area contributed by atoms with Crippen molar-refractivity contribution in [3.8, 4) is 0 Å². The molecule has 0 aliphatic heterocycles. The molecule has 1 unspecified atom stereocenters. The van der Waals surface area contributed by atoms with E-state index in [1.807, 2.05) is 6.92 Å². The minimum Gasteiger partial charge on any atom is -0.370 e. The van der Waals surface area contributed by atoms with Crippen molar-refractivity contribution in [1.29, 1.82) is 0 Å². The molecule has 0 aromatic carbocycles. The van der Waals surface area contributed by atoms with Crippen LogP contribution in [0.3, 0.4) is 0 Å². The highest BCUT2D eigenvalue weighted by atomic mass is 16.5. The zero-order chi connectivity index (χ0) is 10.6. The molecule has 0 amide bonds. The SMILES string of the molecule is C=Cc1nc(C(OCC)C(C)C)no1. The molecule has 1 aromatic heterocycles. The maximum Gasteiger partial charge on any atom is 0.250 e. The molecular formula is C10H16N2O2. The van der Waals surface area contributed by atoms with E-state index in [9.17, 15) is 0 Å². The van der Waals surface area contributed by atoms with Gasteiger partial charge in [0.1, 0.15) is 6.10 Å². The van der Waals surface area contributed by atoms with E-state index < -0.39 is 0 Å². The number of aromatic nitrogens is 2. The van der Waals surface area contributed by atoms with Crippen LogP contribution in [-0.4, -0.2) is 16.7 Å². The highest BCUT2D eigenvalue weighted by Gasteiger charge is 2.21. The van der Waals surface area contributed by atoms with Gasteiger partial charge in [0.05, 0.1) is 0 Å². The molecule has 0 N–H and O–H groups in total. The monoisotopic (exact) mass is 196 g/mol. The zero-order valence-electron chi connectivity index (χ0n) is 8.86. The molecule has 0 saturated heterocycles. The van der Waals surface area contributed by atoms with Gasteiger partial charge >= 0.3 is 0 Å². The third kappa shape index (κ3) is 2.42. The highest BCUT2D eigenvalue weighted by molar-refractivity contribution is 5.32. The lowest BCUT2D eigenvalue weighted by Crippen LogP contribution is -2.12. The van der Waals surface area contributed by atoms with E-state index in [0.29, 0.717) is 24.2 Å². The van der Waals surface area contributed by atoms with Crippen LogP contribution in [0.1, 0.15) is 38.6 Å². The normalized spacial score (nSPS) is 13.1. The van der Waals surface area contributed by atoms with Crippen LogP contribution in [-0.2, 0) is 4.74 Å². The molecule has 0 radical (unpaired) electrons. The molecule has 1 atom stereocenters. The van der Waals surface area contributed by atoms with Gasteiger partial charge in [-0.25, -0.2) is 0 Å². The second-order valence-corrected chi connectivity index (χ2v) is 3.31. The Labute approximate surface area is 84.0 Å². The van der Waals surface area contributed by atoms with Crippen LogP contribution >= 0.6 is 0 Å². The highest BCUT2D eigenvalue weighted by Crippen LogP contribution is 2.23. The van der Waals surface area contributed by atoms with Gasteiger partial charge in [-0.3, -0.25) is 0 Å². The Bertz CT molecular complexity index is 294. The van der Waals surface area contributed by atoms with Crippen LogP contribution in [0.25, 0.3) is 6.08 Å². The smallest absolute Gasteiger partial charge is 0.250 e. The minimum absolute atomic E-state index is 0.0996. The molecule has 0 spiro atoms. The fraction of sp³-hybridized carbons (Fsp3) is 0.600. The standard InChI is InChI=1S/C10H16N2O2/c1-5-8-11-10(12-14-8)9(7(3)4)13-6-2/h5,7,9H,1,6H2,2-4H3. The molecule has 1 rings (SSSR count). The molecule has 1 aromatic rings. The van der Waals surface area contributed by atoms with E-state index >= 15 is 0 Å². The average Bonchev–Trinajstić information content (AvgIpc) is 2.61. The molecule has 0 fully saturated rings. The van der Waals surface area contributed by atoms with Crippen LogP contribution in [0.5, 0.6) is 0 Å². The second-order valence-electron chi connectivity index (χ2n) is 3.31. The number of hydrogen-bond donors (Lipinski definition) is 0. The van der Waals surface area contributed by atoms with Crippen molar-refractivity contribution in [2.24, 2.45) is 5.92 Å². The van der Waals surface area contributed by atoms with Gasteiger partial charge in [-0.1, -0.05) is 25.6 Å². The van der Waals surface area contributed by atoms with Gasteiger partial charge in [-0.2, -0.15) is 4.98 Å². The summed E-state index contributed by atoms with van der Waals surface area (Å²) in [7, 11) is 0. The van der Waals surface area contributed by atoms with E-state index in [0.717, 1.165) is 0 Å². The summed E-state index contributed by atoms with van der Waals surface area (Å²) in [4.78, 5) is 4.15. The first-order chi connectivity index (χ1) is 6.69. The summed E-state index contributed by atoms with van der Waals surface area (Å²) in [6, 6.07) is 0. The third-order valence-corrected chi connectivity index (χ3v) is 1.84. The van der Waals surface area contributed by atoms with Crippen molar-refractivity contribution in [3.63, 3.8) is 0 Å². The van der Waals surface area contributed by atoms with E-state index in [1.54, 1.807) is 0 Å². The molecule has 0 bridgehead atoms. The Morgan fingerprint density at radius 3 is 2.71 bits per heavy atom. The van der Waals surface area contributed by atoms with Crippen LogP contribution in [0.15, 0.2) is 11.1 Å². The zero-order valence-corrected chi connectivity index (χ0v) is 8.86. The lowest BCUT2D eigenvalue weighted by molar-refractivity contribution is 0.0217. The van der Waals surface area contributed by atoms with Gasteiger partial charge in [0, 0.05) is 6.61 Å². The van der Waals surface area contributed by atoms with Gasteiger partial charge < -0.3 is 9.26 Å². The Kier molecular flexibility index (Phi) is 3.83. The average molecular weight is 196 g/mol. The van der Waals surface area contributed by atoms with Crippen molar-refractivity contribution >= 4 is 6.08 Å². The van der Waals surface area contributed by atoms with Crippen molar-refractivity contribution in [1.82, 2.24) is 10.1 Å². The molecule has 1 heterocycles. The quantitative estimate of drug-likeness (QED) is 0.725. The molecule has 4 heteroatoms. The first-order valence-corrected chi connectivity index (χ1v) is 4.76. The Morgan fingerprint density at radius 2 is 2.29 bits per heavy atom. The topological polar surface area (TPSA) is 48.2 Å². The number of hydrogen-bond acceptors (Lipinski definition) is 4. The molecular weight excluding hydrogens is 180 g/mol. The number of nitrogens with zero attached hydrogens (tertiary/aromatic N) is 2. The van der Waals surface area contributed by atoms with Gasteiger partial charge in [0.2, 0.25) is 11.7 Å². The van der Waals surface area contributed by atoms with E-state index in [1.165, 1.54) is 6.08 Å². The molecule has 0 saturated carbocycles. The maximum atomic E-state index is 5.53. The van der Waals surface area contributed by atoms with Gasteiger partial charge in [0.25, 0.3) is 0 Å². The summed E-state index contributed by atoms with van der Waals surface area (Å²) in [5.74, 6) is 1.35. The van der Waals surface area contributed by atoms with E-state index in [2.05, 4.69) is 30.6 Å². The molecule has 4 nitrogen and oxygen atoms in total. The summed E-state index contributed by atoms with van der Waals surface area (Å²) < 4.78 is 10.5. The van der Waals surface area contributed by atoms with Gasteiger partial charge in [-0.15, -0.1) is 0 Å². The predicted molar refractivity (Wildman–Crippen MR) is 53.6 cm³/mol. The lowest BCUT2D eigenvalue weighted by Gasteiger charge is -2.16. The number of rotatable bonds is 5. The predicted octanol–water partition coefficient (Wildman–Crippen LogP) is 2.45. The van der Waals surface area contributed by atoms with Crippen molar-refractivity contribution in [3.05, 3.63) is 18.3 Å². The largest absolute Gasteiger partial charge is 0.370 e. The Balaban J connectivity index is 2.81. The molecule has 14 heavy (non-hydrogen) atoms. The summed E-state index contributed by atoms with van der Waals surface area (Å²) in [5.41, 5.74) is 0. The molecule has 0 aliphatic carbocycles. The van der Waals surface area contributed by atoms with E-state index in [4.69, 9.17) is 9.26 Å². The lowest BCUT2D eigenvalue weighted by atomic mass is 10.1. The summed E-state index contributed by atoms with van der Waals surface area (Å²) in [6.07, 6.45) is 1.43. The van der Waals surface area contributed by atoms with E-state index in [-0.39, 0.29) is 6.10 Å². The number of ether oxygens (including phenoxy) is 1. The van der Waals surface area contributed by atoms with Crippen LogP contribution < -0.4 is 0 Å². The minimum atomic E-state index is -0.0996. The van der Waals surface area contributed by atoms with Crippen molar-refractivity contribution in [2.75, 3.05) is 6.61 Å². The van der Waals surface area contributed by atoms with Crippen LogP contribution in [0.4, 0.5) is 0 Å².